The maximum atomic E-state index is 13.7. The van der Waals surface area contributed by atoms with Gasteiger partial charge in [-0.15, -0.1) is 0 Å². The molecule has 0 spiro atoms. The van der Waals surface area contributed by atoms with E-state index >= 15 is 0 Å². The number of aliphatic hydroxyl groups excluding tert-OH is 1. The lowest BCUT2D eigenvalue weighted by atomic mass is 9.93. The number of hydrogen-bond acceptors (Lipinski definition) is 4. The molecular weight excluding hydrogens is 571 g/mol. The Morgan fingerprint density at radius 1 is 0.909 bits per heavy atom. The van der Waals surface area contributed by atoms with Gasteiger partial charge in [0.15, 0.2) is 0 Å². The second kappa shape index (κ2) is 12.6. The van der Waals surface area contributed by atoms with Crippen LogP contribution in [0.2, 0.25) is 0 Å². The number of likely N-dealkylation sites (tertiary alicyclic amines) is 2. The summed E-state index contributed by atoms with van der Waals surface area (Å²) >= 11 is 0. The number of nitrogens with one attached hydrogen (secondary N) is 1. The van der Waals surface area contributed by atoms with Crippen molar-refractivity contribution >= 4 is 11.9 Å². The molecule has 44 heavy (non-hydrogen) atoms. The zero-order chi connectivity index (χ0) is 30.8. The second-order valence-electron chi connectivity index (χ2n) is 12.2. The van der Waals surface area contributed by atoms with E-state index in [1.807, 2.05) is 35.0 Å². The number of rotatable bonds is 8. The predicted molar refractivity (Wildman–Crippen MR) is 158 cm³/mol. The van der Waals surface area contributed by atoms with E-state index in [-0.39, 0.29) is 54.6 Å². The van der Waals surface area contributed by atoms with Crippen LogP contribution in [-0.4, -0.2) is 75.5 Å². The monoisotopic (exact) mass is 609 g/mol. The minimum atomic E-state index is -4.44. The van der Waals surface area contributed by atoms with Crippen LogP contribution in [0.4, 0.5) is 18.0 Å². The summed E-state index contributed by atoms with van der Waals surface area (Å²) in [6.45, 7) is 1.54. The summed E-state index contributed by atoms with van der Waals surface area (Å²) < 4.78 is 42.9. The first-order chi connectivity index (χ1) is 21.2. The second-order valence-corrected chi connectivity index (χ2v) is 12.2. The molecule has 3 heterocycles. The van der Waals surface area contributed by atoms with E-state index in [1.54, 1.807) is 22.1 Å². The molecule has 11 heteroatoms. The first-order valence-corrected chi connectivity index (χ1v) is 15.5. The topological polar surface area (TPSA) is 90.7 Å². The molecule has 0 unspecified atom stereocenters. The molecule has 3 amide bonds. The summed E-state index contributed by atoms with van der Waals surface area (Å²) in [5.41, 5.74) is 2.12. The lowest BCUT2D eigenvalue weighted by Crippen LogP contribution is -2.49. The Morgan fingerprint density at radius 3 is 2.27 bits per heavy atom. The van der Waals surface area contributed by atoms with Gasteiger partial charge >= 0.3 is 12.2 Å². The minimum absolute atomic E-state index is 0.0409. The molecule has 2 aliphatic heterocycles. The highest BCUT2D eigenvalue weighted by Crippen LogP contribution is 2.44. The molecule has 1 aliphatic carbocycles. The number of urea groups is 1. The predicted octanol–water partition coefficient (Wildman–Crippen LogP) is 5.36. The van der Waals surface area contributed by atoms with Crippen molar-refractivity contribution in [3.63, 3.8) is 0 Å². The van der Waals surface area contributed by atoms with Crippen molar-refractivity contribution in [3.8, 4) is 0 Å². The highest BCUT2D eigenvalue weighted by atomic mass is 19.4. The van der Waals surface area contributed by atoms with Crippen LogP contribution in [0.1, 0.15) is 82.7 Å². The Hall–Kier alpha value is -3.86. The van der Waals surface area contributed by atoms with Gasteiger partial charge in [-0.05, 0) is 55.7 Å². The van der Waals surface area contributed by atoms with Gasteiger partial charge in [0, 0.05) is 38.0 Å². The van der Waals surface area contributed by atoms with E-state index in [9.17, 15) is 27.9 Å². The molecule has 0 bridgehead atoms. The quantitative estimate of drug-likeness (QED) is 0.360. The third kappa shape index (κ3) is 6.47. The first-order valence-electron chi connectivity index (χ1n) is 15.5. The smallest absolute Gasteiger partial charge is 0.394 e. The Balaban J connectivity index is 1.09. The van der Waals surface area contributed by atoms with E-state index in [0.29, 0.717) is 50.9 Å². The van der Waals surface area contributed by atoms with Crippen molar-refractivity contribution < 1.29 is 27.9 Å². The summed E-state index contributed by atoms with van der Waals surface area (Å²) in [5.74, 6) is -0.300. The lowest BCUT2D eigenvalue weighted by Gasteiger charge is -2.34. The molecule has 2 atom stereocenters. The Labute approximate surface area is 254 Å². The highest BCUT2D eigenvalue weighted by molar-refractivity contribution is 5.95. The summed E-state index contributed by atoms with van der Waals surface area (Å²) in [6.07, 6.45) is 1.53. The third-order valence-corrected chi connectivity index (χ3v) is 9.18. The number of aromatic nitrogens is 2. The number of amides is 3. The van der Waals surface area contributed by atoms with Gasteiger partial charge < -0.3 is 20.2 Å². The summed E-state index contributed by atoms with van der Waals surface area (Å²) in [5, 5.41) is 17.5. The third-order valence-electron chi connectivity index (χ3n) is 9.18. The molecule has 6 rings (SSSR count). The fraction of sp³-hybridized carbons (Fsp3) is 0.485. The molecule has 0 radical (unpaired) electrons. The fourth-order valence-corrected chi connectivity index (χ4v) is 6.71. The molecule has 3 aromatic rings. The number of carbonyl (C=O) groups is 2. The van der Waals surface area contributed by atoms with E-state index in [2.05, 4.69) is 10.4 Å². The maximum absolute atomic E-state index is 13.7. The molecule has 234 valence electrons. The molecule has 1 aromatic heterocycles. The van der Waals surface area contributed by atoms with Gasteiger partial charge in [-0.1, -0.05) is 48.5 Å². The number of carbonyl (C=O) groups excluding carboxylic acids is 2. The molecule has 3 fully saturated rings. The Bertz CT molecular complexity index is 1460. The van der Waals surface area contributed by atoms with Crippen LogP contribution in [-0.2, 0) is 12.6 Å². The van der Waals surface area contributed by atoms with E-state index in [0.717, 1.165) is 30.2 Å². The highest BCUT2D eigenvalue weighted by Gasteiger charge is 2.40. The number of halogens is 3. The molecule has 2 N–H and O–H groups in total. The van der Waals surface area contributed by atoms with Crippen molar-refractivity contribution in [1.82, 2.24) is 24.9 Å². The minimum Gasteiger partial charge on any atom is -0.394 e. The molecular formula is C33H38F3N5O3. The molecule has 3 aliphatic rings. The Kier molecular flexibility index (Phi) is 8.66. The van der Waals surface area contributed by atoms with Crippen LogP contribution in [0.15, 0.2) is 60.8 Å². The molecule has 2 aromatic carbocycles. The van der Waals surface area contributed by atoms with Gasteiger partial charge in [0.25, 0.3) is 5.91 Å². The van der Waals surface area contributed by atoms with Gasteiger partial charge in [-0.3, -0.25) is 9.48 Å². The van der Waals surface area contributed by atoms with Crippen LogP contribution >= 0.6 is 0 Å². The molecule has 1 saturated carbocycles. The van der Waals surface area contributed by atoms with Gasteiger partial charge in [-0.2, -0.15) is 18.3 Å². The summed E-state index contributed by atoms with van der Waals surface area (Å²) in [7, 11) is 0. The van der Waals surface area contributed by atoms with E-state index in [4.69, 9.17) is 0 Å². The van der Waals surface area contributed by atoms with Crippen molar-refractivity contribution in [2.75, 3.05) is 32.8 Å². The van der Waals surface area contributed by atoms with Gasteiger partial charge in [0.1, 0.15) is 0 Å². The number of piperidine rings is 1. The van der Waals surface area contributed by atoms with Crippen molar-refractivity contribution in [2.45, 2.75) is 68.6 Å². The van der Waals surface area contributed by atoms with Crippen LogP contribution in [0.25, 0.3) is 0 Å². The number of nitrogens with zero attached hydrogens (tertiary/aromatic N) is 4. The summed E-state index contributed by atoms with van der Waals surface area (Å²) in [4.78, 5) is 30.2. The van der Waals surface area contributed by atoms with Crippen molar-refractivity contribution in [2.24, 2.45) is 0 Å². The average Bonchev–Trinajstić information content (AvgIpc) is 3.57. The summed E-state index contributed by atoms with van der Waals surface area (Å²) in [6, 6.07) is 14.8. The van der Waals surface area contributed by atoms with Crippen molar-refractivity contribution in [1.29, 1.82) is 0 Å². The fourth-order valence-electron chi connectivity index (χ4n) is 6.71. The zero-order valence-electron chi connectivity index (χ0n) is 24.5. The zero-order valence-corrected chi connectivity index (χ0v) is 24.5. The van der Waals surface area contributed by atoms with E-state index in [1.165, 1.54) is 12.1 Å². The molecule has 8 nitrogen and oxygen atoms in total. The normalized spacial score (nSPS) is 20.1. The van der Waals surface area contributed by atoms with Crippen LogP contribution in [0.5, 0.6) is 0 Å². The maximum Gasteiger partial charge on any atom is 0.416 e. The van der Waals surface area contributed by atoms with Gasteiger partial charge in [-0.25, -0.2) is 4.79 Å². The number of alkyl halides is 3. The van der Waals surface area contributed by atoms with Crippen molar-refractivity contribution in [3.05, 3.63) is 88.7 Å². The van der Waals surface area contributed by atoms with Gasteiger partial charge in [0.2, 0.25) is 0 Å². The van der Waals surface area contributed by atoms with Crippen LogP contribution in [0.3, 0.4) is 0 Å². The Morgan fingerprint density at radius 2 is 1.59 bits per heavy atom. The van der Waals surface area contributed by atoms with E-state index < -0.39 is 11.7 Å². The number of benzene rings is 2. The molecule has 2 saturated heterocycles. The van der Waals surface area contributed by atoms with Crippen LogP contribution in [0, 0.1) is 0 Å². The number of hydrogen-bond donors (Lipinski definition) is 2. The largest absolute Gasteiger partial charge is 0.416 e. The van der Waals surface area contributed by atoms with Crippen LogP contribution < -0.4 is 5.32 Å². The first kappa shape index (κ1) is 30.2. The average molecular weight is 610 g/mol. The lowest BCUT2D eigenvalue weighted by molar-refractivity contribution is -0.138. The van der Waals surface area contributed by atoms with Gasteiger partial charge in [0.05, 0.1) is 41.7 Å². The number of aliphatic hydroxyl groups is 1. The SMILES string of the molecule is O=C(N[C@H](CO)Cc1ccccc1)N1CCC(n2ncc(C(=O)N3CC[C@@H](c4ccccc4C(F)(F)F)C3)c2C2CC2)CC1. The standard InChI is InChI=1S/C33H38F3N5O3/c34-33(35,36)29-9-5-4-8-27(29)24-12-15-40(20-24)31(43)28-19-37-41(30(28)23-10-11-23)26-13-16-39(17-14-26)32(44)38-25(21-42)18-22-6-2-1-3-7-22/h1-9,19,23-26,42H,10-18,20-21H2,(H,38,44)/t24-,25+/m1/s1.